The van der Waals surface area contributed by atoms with Gasteiger partial charge in [-0.05, 0) is 47.4 Å². The summed E-state index contributed by atoms with van der Waals surface area (Å²) in [7, 11) is 0. The van der Waals surface area contributed by atoms with Crippen molar-refractivity contribution in [2.75, 3.05) is 23.7 Å². The molecule has 3 heterocycles. The maximum absolute atomic E-state index is 10.5. The second kappa shape index (κ2) is 9.21. The SMILES string of the molecule is CC(C)(C)c1ccnc(Nc2cccc(-c3ccnc(NCCNC(=O)O)c3)n2)c1. The maximum Gasteiger partial charge on any atom is 0.404 e. The second-order valence-corrected chi connectivity index (χ2v) is 7.80. The molecule has 0 saturated heterocycles. The van der Waals surface area contributed by atoms with Crippen molar-refractivity contribution in [1.82, 2.24) is 20.3 Å². The van der Waals surface area contributed by atoms with E-state index in [0.29, 0.717) is 24.7 Å². The van der Waals surface area contributed by atoms with Gasteiger partial charge in [0.15, 0.2) is 0 Å². The van der Waals surface area contributed by atoms with Gasteiger partial charge in [0.25, 0.3) is 0 Å². The number of amides is 1. The molecule has 3 aromatic heterocycles. The fourth-order valence-corrected chi connectivity index (χ4v) is 2.81. The Morgan fingerprint density at radius 1 is 0.967 bits per heavy atom. The number of nitrogens with one attached hydrogen (secondary N) is 3. The first-order valence-electron chi connectivity index (χ1n) is 9.69. The highest BCUT2D eigenvalue weighted by Gasteiger charge is 2.14. The third-order valence-corrected chi connectivity index (χ3v) is 4.39. The van der Waals surface area contributed by atoms with Crippen LogP contribution >= 0.6 is 0 Å². The maximum atomic E-state index is 10.5. The first kappa shape index (κ1) is 21.0. The van der Waals surface area contributed by atoms with E-state index in [1.807, 2.05) is 42.5 Å². The number of pyridine rings is 3. The molecule has 8 heteroatoms. The summed E-state index contributed by atoms with van der Waals surface area (Å²) in [6, 6.07) is 13.6. The highest BCUT2D eigenvalue weighted by Crippen LogP contribution is 2.25. The molecule has 30 heavy (non-hydrogen) atoms. The van der Waals surface area contributed by atoms with Gasteiger partial charge in [0.1, 0.15) is 17.5 Å². The average Bonchev–Trinajstić information content (AvgIpc) is 2.71. The minimum absolute atomic E-state index is 0.0368. The highest BCUT2D eigenvalue weighted by molar-refractivity contribution is 5.66. The van der Waals surface area contributed by atoms with Crippen LogP contribution in [0, 0.1) is 0 Å². The van der Waals surface area contributed by atoms with Crippen molar-refractivity contribution in [1.29, 1.82) is 0 Å². The van der Waals surface area contributed by atoms with Crippen LogP contribution in [0.15, 0.2) is 54.9 Å². The Morgan fingerprint density at radius 2 is 1.73 bits per heavy atom. The zero-order valence-electron chi connectivity index (χ0n) is 17.3. The fourth-order valence-electron chi connectivity index (χ4n) is 2.81. The van der Waals surface area contributed by atoms with Gasteiger partial charge >= 0.3 is 6.09 Å². The smallest absolute Gasteiger partial charge is 0.404 e. The van der Waals surface area contributed by atoms with Gasteiger partial charge in [0.05, 0.1) is 5.69 Å². The zero-order chi connectivity index (χ0) is 21.6. The number of aromatic nitrogens is 3. The van der Waals surface area contributed by atoms with Crippen LogP contribution in [-0.2, 0) is 5.41 Å². The summed E-state index contributed by atoms with van der Waals surface area (Å²) < 4.78 is 0. The molecule has 0 spiro atoms. The van der Waals surface area contributed by atoms with Gasteiger partial charge < -0.3 is 21.1 Å². The molecular weight excluding hydrogens is 380 g/mol. The van der Waals surface area contributed by atoms with Crippen LogP contribution in [-0.4, -0.2) is 39.2 Å². The van der Waals surface area contributed by atoms with Crippen LogP contribution in [0.4, 0.5) is 22.2 Å². The molecule has 3 aromatic rings. The largest absolute Gasteiger partial charge is 0.465 e. The first-order valence-corrected chi connectivity index (χ1v) is 9.69. The van der Waals surface area contributed by atoms with Crippen molar-refractivity contribution < 1.29 is 9.90 Å². The molecule has 156 valence electrons. The van der Waals surface area contributed by atoms with Crippen LogP contribution in [0.3, 0.4) is 0 Å². The van der Waals surface area contributed by atoms with Gasteiger partial charge in [-0.2, -0.15) is 0 Å². The number of carbonyl (C=O) groups is 1. The Kier molecular flexibility index (Phi) is 6.46. The lowest BCUT2D eigenvalue weighted by Gasteiger charge is -2.19. The molecule has 3 rings (SSSR count). The minimum Gasteiger partial charge on any atom is -0.465 e. The summed E-state index contributed by atoms with van der Waals surface area (Å²) in [4.78, 5) is 23.9. The molecule has 0 radical (unpaired) electrons. The van der Waals surface area contributed by atoms with E-state index in [1.54, 1.807) is 12.4 Å². The van der Waals surface area contributed by atoms with E-state index >= 15 is 0 Å². The zero-order valence-corrected chi connectivity index (χ0v) is 17.3. The van der Waals surface area contributed by atoms with Crippen molar-refractivity contribution >= 4 is 23.5 Å². The molecule has 0 bridgehead atoms. The lowest BCUT2D eigenvalue weighted by atomic mass is 9.88. The van der Waals surface area contributed by atoms with E-state index in [-0.39, 0.29) is 5.41 Å². The number of hydrogen-bond donors (Lipinski definition) is 4. The van der Waals surface area contributed by atoms with Gasteiger partial charge in [0, 0.05) is 31.0 Å². The lowest BCUT2D eigenvalue weighted by molar-refractivity contribution is 0.195. The molecule has 8 nitrogen and oxygen atoms in total. The molecule has 0 aromatic carbocycles. The van der Waals surface area contributed by atoms with Crippen molar-refractivity contribution in [2.45, 2.75) is 26.2 Å². The summed E-state index contributed by atoms with van der Waals surface area (Å²) in [6.07, 6.45) is 2.44. The molecule has 0 aliphatic heterocycles. The van der Waals surface area contributed by atoms with Crippen molar-refractivity contribution in [3.05, 3.63) is 60.4 Å². The fraction of sp³-hybridized carbons (Fsp3) is 0.273. The van der Waals surface area contributed by atoms with E-state index < -0.39 is 6.09 Å². The van der Waals surface area contributed by atoms with Crippen LogP contribution in [0.1, 0.15) is 26.3 Å². The molecule has 0 saturated carbocycles. The highest BCUT2D eigenvalue weighted by atomic mass is 16.4. The predicted molar refractivity (Wildman–Crippen MR) is 118 cm³/mol. The standard InChI is InChI=1S/C22H26N6O2/c1-22(2,3)16-8-10-24-20(14-16)28-18-6-4-5-17(27-18)15-7-9-23-19(13-15)25-11-12-26-21(29)30/h4-10,13-14,26H,11-12H2,1-3H3,(H,23,25)(H,29,30)(H,24,27,28). The summed E-state index contributed by atoms with van der Waals surface area (Å²) in [6.45, 7) is 7.22. The quantitative estimate of drug-likeness (QED) is 0.434. The third-order valence-electron chi connectivity index (χ3n) is 4.39. The van der Waals surface area contributed by atoms with Crippen molar-refractivity contribution in [3.63, 3.8) is 0 Å². The van der Waals surface area contributed by atoms with E-state index in [9.17, 15) is 4.79 Å². The van der Waals surface area contributed by atoms with Crippen LogP contribution in [0.2, 0.25) is 0 Å². The number of carboxylic acid groups (broad SMARTS) is 1. The number of hydrogen-bond acceptors (Lipinski definition) is 6. The van der Waals surface area contributed by atoms with Gasteiger partial charge in [-0.3, -0.25) is 0 Å². The minimum atomic E-state index is -1.05. The van der Waals surface area contributed by atoms with Crippen LogP contribution in [0.25, 0.3) is 11.3 Å². The predicted octanol–water partition coefficient (Wildman–Crippen LogP) is 4.26. The number of anilines is 3. The lowest BCUT2D eigenvalue weighted by Crippen LogP contribution is -2.27. The second-order valence-electron chi connectivity index (χ2n) is 7.80. The van der Waals surface area contributed by atoms with Crippen LogP contribution in [0.5, 0.6) is 0 Å². The van der Waals surface area contributed by atoms with E-state index in [4.69, 9.17) is 10.1 Å². The summed E-state index contributed by atoms with van der Waals surface area (Å²) in [5, 5.41) is 17.3. The molecular formula is C22H26N6O2. The molecule has 0 unspecified atom stereocenters. The van der Waals surface area contributed by atoms with Crippen LogP contribution < -0.4 is 16.0 Å². The molecule has 4 N–H and O–H groups in total. The Bertz CT molecular complexity index is 1020. The van der Waals surface area contributed by atoms with Gasteiger partial charge in [-0.1, -0.05) is 26.8 Å². The normalized spacial score (nSPS) is 11.0. The molecule has 0 aliphatic carbocycles. The summed E-state index contributed by atoms with van der Waals surface area (Å²) in [5.74, 6) is 2.09. The molecule has 0 fully saturated rings. The van der Waals surface area contributed by atoms with E-state index in [1.165, 1.54) is 5.56 Å². The Hall–Kier alpha value is -3.68. The number of rotatable bonds is 7. The Labute approximate surface area is 175 Å². The first-order chi connectivity index (χ1) is 14.3. The monoisotopic (exact) mass is 406 g/mol. The molecule has 0 aliphatic rings. The van der Waals surface area contributed by atoms with Gasteiger partial charge in [0.2, 0.25) is 0 Å². The van der Waals surface area contributed by atoms with E-state index in [2.05, 4.69) is 46.7 Å². The van der Waals surface area contributed by atoms with Gasteiger partial charge in [-0.25, -0.2) is 19.7 Å². The molecule has 1 amide bonds. The third kappa shape index (κ3) is 5.91. The molecule has 0 atom stereocenters. The van der Waals surface area contributed by atoms with E-state index in [0.717, 1.165) is 17.1 Å². The van der Waals surface area contributed by atoms with Gasteiger partial charge in [-0.15, -0.1) is 0 Å². The summed E-state index contributed by atoms with van der Waals surface area (Å²) >= 11 is 0. The average molecular weight is 406 g/mol. The van der Waals surface area contributed by atoms with Crippen molar-refractivity contribution in [3.8, 4) is 11.3 Å². The topological polar surface area (TPSA) is 112 Å². The number of nitrogens with zero attached hydrogens (tertiary/aromatic N) is 3. The van der Waals surface area contributed by atoms with Crippen molar-refractivity contribution in [2.24, 2.45) is 0 Å². The summed E-state index contributed by atoms with van der Waals surface area (Å²) in [5.41, 5.74) is 2.92. The Morgan fingerprint density at radius 3 is 2.50 bits per heavy atom. The Balaban J connectivity index is 1.73.